The third kappa shape index (κ3) is 4.78. The Morgan fingerprint density at radius 3 is 2.73 bits per heavy atom. The van der Waals surface area contributed by atoms with Gasteiger partial charge in [-0.1, -0.05) is 18.2 Å². The van der Waals surface area contributed by atoms with Crippen LogP contribution in [-0.2, 0) is 6.73 Å². The third-order valence-electron chi connectivity index (χ3n) is 5.47. The van der Waals surface area contributed by atoms with E-state index in [1.165, 1.54) is 17.0 Å². The van der Waals surface area contributed by atoms with Crippen LogP contribution in [0.4, 0.5) is 14.5 Å². The number of hydrogen-bond acceptors (Lipinski definition) is 7. The second-order valence-electron chi connectivity index (χ2n) is 7.96. The number of pyridine rings is 1. The van der Waals surface area contributed by atoms with Gasteiger partial charge in [0.25, 0.3) is 18.2 Å². The van der Waals surface area contributed by atoms with Crippen molar-refractivity contribution in [2.45, 2.75) is 20.1 Å². The number of rotatable bonds is 8. The predicted molar refractivity (Wildman–Crippen MR) is 133 cm³/mol. The molecule has 188 valence electrons. The summed E-state index contributed by atoms with van der Waals surface area (Å²) in [5, 5.41) is 7.15. The highest BCUT2D eigenvalue weighted by Gasteiger charge is 2.26. The fourth-order valence-electron chi connectivity index (χ4n) is 3.73. The lowest BCUT2D eigenvalue weighted by atomic mass is 10.1. The number of primary amides is 1. The Hall–Kier alpha value is -4.58. The van der Waals surface area contributed by atoms with Gasteiger partial charge in [-0.05, 0) is 42.8 Å². The van der Waals surface area contributed by atoms with E-state index in [4.69, 9.17) is 14.9 Å². The average molecular weight is 524 g/mol. The van der Waals surface area contributed by atoms with Gasteiger partial charge in [0.15, 0.2) is 12.4 Å². The van der Waals surface area contributed by atoms with E-state index in [1.54, 1.807) is 18.3 Å². The summed E-state index contributed by atoms with van der Waals surface area (Å²) in [6, 6.07) is 13.3. The van der Waals surface area contributed by atoms with Gasteiger partial charge in [0.05, 0.1) is 12.0 Å². The van der Waals surface area contributed by atoms with Gasteiger partial charge in [0, 0.05) is 17.1 Å². The van der Waals surface area contributed by atoms with Crippen molar-refractivity contribution >= 4 is 39.1 Å². The minimum Gasteiger partial charge on any atom is -0.471 e. The molecule has 12 heteroatoms. The maximum atomic E-state index is 13.5. The number of benzene rings is 1. The number of nitrogens with two attached hydrogens (primary N) is 1. The van der Waals surface area contributed by atoms with E-state index in [9.17, 15) is 18.4 Å². The molecule has 2 amide bonds. The molecule has 0 aliphatic carbocycles. The van der Waals surface area contributed by atoms with Crippen LogP contribution < -0.4 is 15.8 Å². The molecule has 4 heterocycles. The Morgan fingerprint density at radius 2 is 2.03 bits per heavy atom. The number of alkyl halides is 2. The number of halogens is 2. The summed E-state index contributed by atoms with van der Waals surface area (Å²) >= 11 is 0.803. The highest BCUT2D eigenvalue weighted by atomic mass is 32.1. The van der Waals surface area contributed by atoms with Crippen molar-refractivity contribution in [1.82, 2.24) is 14.8 Å². The molecule has 0 fully saturated rings. The van der Waals surface area contributed by atoms with Crippen molar-refractivity contribution < 1.29 is 27.5 Å². The summed E-state index contributed by atoms with van der Waals surface area (Å²) in [6.45, 7) is 1.98. The SMILES string of the molecule is Cc1ccccc1OCn1ccc(C(=O)Nc2c(C(N)=O)sc3nc(C(F)F)cc(-c4ccco4)c23)n1. The van der Waals surface area contributed by atoms with Gasteiger partial charge >= 0.3 is 0 Å². The van der Waals surface area contributed by atoms with Crippen LogP contribution in [0.1, 0.15) is 37.8 Å². The summed E-state index contributed by atoms with van der Waals surface area (Å²) in [7, 11) is 0. The van der Waals surface area contributed by atoms with Crippen molar-refractivity contribution in [1.29, 1.82) is 0 Å². The number of nitrogens with zero attached hydrogens (tertiary/aromatic N) is 3. The lowest BCUT2D eigenvalue weighted by Crippen LogP contribution is -2.18. The number of thiophene rings is 1. The molecule has 0 radical (unpaired) electrons. The standard InChI is InChI=1S/C25H19F2N5O4S/c1-13-5-2-3-6-17(13)36-12-32-9-8-15(31-32)24(34)30-20-19-14(18-7-4-10-35-18)11-16(22(26)27)29-25(19)37-21(20)23(28)33/h2-11,22H,12H2,1H3,(H2,28,33)(H,30,34). The summed E-state index contributed by atoms with van der Waals surface area (Å²) in [5.41, 5.74) is 6.33. The van der Waals surface area contributed by atoms with Crippen molar-refractivity contribution in [2.24, 2.45) is 5.73 Å². The van der Waals surface area contributed by atoms with Gasteiger partial charge in [-0.25, -0.2) is 18.4 Å². The molecule has 0 unspecified atom stereocenters. The van der Waals surface area contributed by atoms with Crippen LogP contribution >= 0.6 is 11.3 Å². The van der Waals surface area contributed by atoms with Crippen LogP contribution in [0.2, 0.25) is 0 Å². The molecule has 3 N–H and O–H groups in total. The first-order chi connectivity index (χ1) is 17.8. The maximum Gasteiger partial charge on any atom is 0.280 e. The summed E-state index contributed by atoms with van der Waals surface area (Å²) in [6.07, 6.45) is 0.0919. The molecule has 0 saturated heterocycles. The molecule has 5 rings (SSSR count). The van der Waals surface area contributed by atoms with Crippen LogP contribution in [0.15, 0.2) is 65.4 Å². The average Bonchev–Trinajstić information content (AvgIpc) is 3.63. The largest absolute Gasteiger partial charge is 0.471 e. The predicted octanol–water partition coefficient (Wildman–Crippen LogP) is 5.39. The number of anilines is 1. The first-order valence-electron chi connectivity index (χ1n) is 10.9. The minimum atomic E-state index is -2.86. The Kier molecular flexibility index (Phi) is 6.40. The van der Waals surface area contributed by atoms with Crippen LogP contribution in [0.5, 0.6) is 5.75 Å². The molecule has 0 bridgehead atoms. The van der Waals surface area contributed by atoms with Crippen LogP contribution in [0.25, 0.3) is 21.5 Å². The smallest absolute Gasteiger partial charge is 0.280 e. The minimum absolute atomic E-state index is 0.0415. The zero-order chi connectivity index (χ0) is 26.1. The lowest BCUT2D eigenvalue weighted by Gasteiger charge is -2.09. The van der Waals surface area contributed by atoms with Crippen molar-refractivity contribution in [3.05, 3.63) is 82.8 Å². The monoisotopic (exact) mass is 523 g/mol. The van der Waals surface area contributed by atoms with Crippen LogP contribution in [0.3, 0.4) is 0 Å². The van der Waals surface area contributed by atoms with Crippen molar-refractivity contribution in [3.63, 3.8) is 0 Å². The van der Waals surface area contributed by atoms with Gasteiger partial charge in [-0.2, -0.15) is 5.10 Å². The summed E-state index contributed by atoms with van der Waals surface area (Å²) in [5.74, 6) is -0.545. The van der Waals surface area contributed by atoms with E-state index in [2.05, 4.69) is 15.4 Å². The molecular formula is C25H19F2N5O4S. The van der Waals surface area contributed by atoms with E-state index < -0.39 is 23.9 Å². The molecule has 37 heavy (non-hydrogen) atoms. The number of nitrogens with one attached hydrogen (secondary N) is 1. The topological polar surface area (TPSA) is 125 Å². The number of hydrogen-bond donors (Lipinski definition) is 2. The zero-order valence-electron chi connectivity index (χ0n) is 19.3. The summed E-state index contributed by atoms with van der Waals surface area (Å²) in [4.78, 5) is 29.4. The fraction of sp³-hybridized carbons (Fsp3) is 0.120. The molecule has 1 aromatic carbocycles. The number of para-hydroxylation sites is 1. The Morgan fingerprint density at radius 1 is 1.22 bits per heavy atom. The van der Waals surface area contributed by atoms with Gasteiger partial charge in [-0.15, -0.1) is 11.3 Å². The number of carbonyl (C=O) groups is 2. The lowest BCUT2D eigenvalue weighted by molar-refractivity contribution is 0.100. The molecule has 4 aromatic heterocycles. The second kappa shape index (κ2) is 9.82. The van der Waals surface area contributed by atoms with E-state index >= 15 is 0 Å². The van der Waals surface area contributed by atoms with E-state index in [-0.39, 0.29) is 44.5 Å². The van der Waals surface area contributed by atoms with Gasteiger partial charge in [0.2, 0.25) is 0 Å². The van der Waals surface area contributed by atoms with E-state index in [0.29, 0.717) is 5.75 Å². The molecule has 0 aliphatic rings. The maximum absolute atomic E-state index is 13.5. The van der Waals surface area contributed by atoms with Gasteiger partial charge < -0.3 is 20.2 Å². The van der Waals surface area contributed by atoms with Crippen molar-refractivity contribution in [3.8, 4) is 17.1 Å². The number of fused-ring (bicyclic) bond motifs is 1. The number of aromatic nitrogens is 3. The quantitative estimate of drug-likeness (QED) is 0.281. The second-order valence-corrected chi connectivity index (χ2v) is 8.96. The number of aryl methyl sites for hydroxylation is 1. The molecule has 5 aromatic rings. The molecule has 0 saturated carbocycles. The number of amides is 2. The molecule has 0 aliphatic heterocycles. The Labute approximate surface area is 212 Å². The van der Waals surface area contributed by atoms with Crippen LogP contribution in [-0.4, -0.2) is 26.6 Å². The first-order valence-corrected chi connectivity index (χ1v) is 11.8. The van der Waals surface area contributed by atoms with Crippen LogP contribution in [0, 0.1) is 6.92 Å². The number of carbonyl (C=O) groups excluding carboxylic acids is 2. The normalized spacial score (nSPS) is 11.2. The highest BCUT2D eigenvalue weighted by molar-refractivity contribution is 7.21. The molecule has 0 spiro atoms. The van der Waals surface area contributed by atoms with Gasteiger partial charge in [-0.3, -0.25) is 9.59 Å². The fourth-order valence-corrected chi connectivity index (χ4v) is 4.75. The number of furan rings is 1. The van der Waals surface area contributed by atoms with Crippen molar-refractivity contribution in [2.75, 3.05) is 5.32 Å². The molecular weight excluding hydrogens is 504 g/mol. The molecule has 9 nitrogen and oxygen atoms in total. The van der Waals surface area contributed by atoms with E-state index in [1.807, 2.05) is 31.2 Å². The Bertz CT molecular complexity index is 1610. The Balaban J connectivity index is 1.48. The highest BCUT2D eigenvalue weighted by Crippen LogP contribution is 2.42. The number of ether oxygens (including phenoxy) is 1. The molecule has 0 atom stereocenters. The zero-order valence-corrected chi connectivity index (χ0v) is 20.1. The third-order valence-corrected chi connectivity index (χ3v) is 6.57. The first kappa shape index (κ1) is 24.1. The van der Waals surface area contributed by atoms with E-state index in [0.717, 1.165) is 23.0 Å². The summed E-state index contributed by atoms with van der Waals surface area (Å²) < 4.78 is 39.7. The van der Waals surface area contributed by atoms with Gasteiger partial charge in [0.1, 0.15) is 26.9 Å².